The summed E-state index contributed by atoms with van der Waals surface area (Å²) in [4.78, 5) is 25.9. The number of hydrogen-bond acceptors (Lipinski definition) is 7. The largest absolute Gasteiger partial charge is 0.465 e. The number of nitrogens with two attached hydrogens (primary N) is 1. The minimum absolute atomic E-state index is 0.0952. The van der Waals surface area contributed by atoms with Crippen molar-refractivity contribution in [2.75, 3.05) is 7.11 Å². The zero-order valence-corrected chi connectivity index (χ0v) is 12.6. The zero-order chi connectivity index (χ0) is 17.0. The lowest BCUT2D eigenvalue weighted by atomic mass is 9.99. The summed E-state index contributed by atoms with van der Waals surface area (Å²) in [7, 11) is 1.25. The van der Waals surface area contributed by atoms with E-state index in [1.54, 1.807) is 18.2 Å². The van der Waals surface area contributed by atoms with Crippen LogP contribution >= 0.6 is 0 Å². The highest BCUT2D eigenvalue weighted by atomic mass is 16.6. The third kappa shape index (κ3) is 3.43. The van der Waals surface area contributed by atoms with E-state index in [1.807, 2.05) is 0 Å². The van der Waals surface area contributed by atoms with Gasteiger partial charge in [-0.15, -0.1) is 0 Å². The molecular weight excluding hydrogens is 302 g/mol. The van der Waals surface area contributed by atoms with Crippen LogP contribution in [0.5, 0.6) is 5.75 Å². The number of benzene rings is 1. The fourth-order valence-electron chi connectivity index (χ4n) is 2.09. The second kappa shape index (κ2) is 6.41. The molecule has 0 amide bonds. The Labute approximate surface area is 132 Å². The van der Waals surface area contributed by atoms with Gasteiger partial charge in [0.15, 0.2) is 5.72 Å². The Morgan fingerprint density at radius 1 is 1.30 bits per heavy atom. The maximum absolute atomic E-state index is 11.9. The van der Waals surface area contributed by atoms with E-state index < -0.39 is 22.4 Å². The van der Waals surface area contributed by atoms with Crippen molar-refractivity contribution in [1.82, 2.24) is 4.98 Å². The SMILES string of the molecule is COC(=O)c1ccccc1C(C)(N)Oc1cccnc1[N+](=O)[O-]. The van der Waals surface area contributed by atoms with Crippen molar-refractivity contribution in [3.05, 3.63) is 63.8 Å². The fraction of sp³-hybridized carbons (Fsp3) is 0.200. The summed E-state index contributed by atoms with van der Waals surface area (Å²) < 4.78 is 10.3. The van der Waals surface area contributed by atoms with Gasteiger partial charge in [-0.1, -0.05) is 18.2 Å². The Morgan fingerprint density at radius 3 is 2.65 bits per heavy atom. The Balaban J connectivity index is 2.45. The summed E-state index contributed by atoms with van der Waals surface area (Å²) in [6.45, 7) is 1.49. The number of carbonyl (C=O) groups is 1. The molecule has 1 atom stereocenters. The van der Waals surface area contributed by atoms with Crippen molar-refractivity contribution in [1.29, 1.82) is 0 Å². The first-order chi connectivity index (χ1) is 10.9. The van der Waals surface area contributed by atoms with Crippen molar-refractivity contribution in [2.45, 2.75) is 12.6 Å². The number of aromatic nitrogens is 1. The number of ether oxygens (including phenoxy) is 2. The monoisotopic (exact) mass is 317 g/mol. The second-order valence-electron chi connectivity index (χ2n) is 4.83. The van der Waals surface area contributed by atoms with Gasteiger partial charge in [-0.05, 0) is 35.0 Å². The van der Waals surface area contributed by atoms with E-state index in [1.165, 1.54) is 38.4 Å². The molecule has 23 heavy (non-hydrogen) atoms. The highest BCUT2D eigenvalue weighted by Gasteiger charge is 2.31. The summed E-state index contributed by atoms with van der Waals surface area (Å²) in [6, 6.07) is 9.33. The molecule has 0 radical (unpaired) electrons. The number of carbonyl (C=O) groups excluding carboxylic acids is 1. The molecule has 0 saturated heterocycles. The molecule has 8 heteroatoms. The number of nitro groups is 1. The topological polar surface area (TPSA) is 118 Å². The maximum atomic E-state index is 11.9. The van der Waals surface area contributed by atoms with Crippen LogP contribution in [0.3, 0.4) is 0 Å². The molecule has 1 aromatic heterocycles. The summed E-state index contributed by atoms with van der Waals surface area (Å²) in [5, 5.41) is 11.0. The molecule has 2 aromatic rings. The van der Waals surface area contributed by atoms with Gasteiger partial charge >= 0.3 is 11.8 Å². The van der Waals surface area contributed by atoms with E-state index in [0.29, 0.717) is 5.56 Å². The molecule has 0 aliphatic heterocycles. The molecule has 0 aliphatic rings. The van der Waals surface area contributed by atoms with Gasteiger partial charge in [-0.2, -0.15) is 0 Å². The third-order valence-electron chi connectivity index (χ3n) is 3.11. The van der Waals surface area contributed by atoms with Gasteiger partial charge in [0.25, 0.3) is 0 Å². The van der Waals surface area contributed by atoms with E-state index in [4.69, 9.17) is 15.2 Å². The predicted molar refractivity (Wildman–Crippen MR) is 80.8 cm³/mol. The summed E-state index contributed by atoms with van der Waals surface area (Å²) >= 11 is 0. The molecule has 0 fully saturated rings. The van der Waals surface area contributed by atoms with Crippen LogP contribution in [0.25, 0.3) is 0 Å². The van der Waals surface area contributed by atoms with Crippen LogP contribution in [0.1, 0.15) is 22.8 Å². The molecule has 0 bridgehead atoms. The summed E-state index contributed by atoms with van der Waals surface area (Å²) in [5.74, 6) is -1.14. The number of rotatable bonds is 5. The number of esters is 1. The lowest BCUT2D eigenvalue weighted by molar-refractivity contribution is -0.391. The Hall–Kier alpha value is -3.00. The van der Waals surface area contributed by atoms with Gasteiger partial charge in [0.1, 0.15) is 6.20 Å². The predicted octanol–water partition coefficient (Wildman–Crippen LogP) is 1.99. The summed E-state index contributed by atoms with van der Waals surface area (Å²) in [5.41, 5.74) is 5.20. The molecule has 1 aromatic carbocycles. The molecule has 0 spiro atoms. The van der Waals surface area contributed by atoms with E-state index in [2.05, 4.69) is 4.98 Å². The average molecular weight is 317 g/mol. The van der Waals surface area contributed by atoms with Crippen molar-refractivity contribution in [2.24, 2.45) is 5.73 Å². The van der Waals surface area contributed by atoms with E-state index >= 15 is 0 Å². The van der Waals surface area contributed by atoms with Gasteiger partial charge in [-0.3, -0.25) is 5.73 Å². The molecule has 0 saturated carbocycles. The van der Waals surface area contributed by atoms with Crippen LogP contribution in [0.4, 0.5) is 5.82 Å². The van der Waals surface area contributed by atoms with Gasteiger partial charge in [0, 0.05) is 5.56 Å². The van der Waals surface area contributed by atoms with Crippen LogP contribution in [0, 0.1) is 10.1 Å². The normalized spacial score (nSPS) is 13.0. The Kier molecular flexibility index (Phi) is 4.56. The van der Waals surface area contributed by atoms with Crippen molar-refractivity contribution < 1.29 is 19.2 Å². The van der Waals surface area contributed by atoms with Gasteiger partial charge < -0.3 is 19.6 Å². The Morgan fingerprint density at radius 2 is 2.00 bits per heavy atom. The lowest BCUT2D eigenvalue weighted by Crippen LogP contribution is -2.41. The first kappa shape index (κ1) is 16.4. The highest BCUT2D eigenvalue weighted by Crippen LogP contribution is 2.31. The average Bonchev–Trinajstić information content (AvgIpc) is 2.54. The zero-order valence-electron chi connectivity index (χ0n) is 12.6. The fourth-order valence-corrected chi connectivity index (χ4v) is 2.09. The molecule has 120 valence electrons. The van der Waals surface area contributed by atoms with Crippen LogP contribution < -0.4 is 10.5 Å². The minimum atomic E-state index is -1.50. The van der Waals surface area contributed by atoms with Gasteiger partial charge in [-0.25, -0.2) is 4.79 Å². The van der Waals surface area contributed by atoms with Gasteiger partial charge in [0.05, 0.1) is 12.7 Å². The van der Waals surface area contributed by atoms with Crippen molar-refractivity contribution >= 4 is 11.8 Å². The van der Waals surface area contributed by atoms with Gasteiger partial charge in [0.2, 0.25) is 5.75 Å². The summed E-state index contributed by atoms with van der Waals surface area (Å²) in [6.07, 6.45) is 1.28. The first-order valence-corrected chi connectivity index (χ1v) is 6.62. The van der Waals surface area contributed by atoms with Crippen LogP contribution in [-0.4, -0.2) is 23.0 Å². The third-order valence-corrected chi connectivity index (χ3v) is 3.11. The lowest BCUT2D eigenvalue weighted by Gasteiger charge is -2.27. The van der Waals surface area contributed by atoms with Crippen LogP contribution in [0.2, 0.25) is 0 Å². The van der Waals surface area contributed by atoms with E-state index in [9.17, 15) is 14.9 Å². The number of hydrogen-bond donors (Lipinski definition) is 1. The molecule has 8 nitrogen and oxygen atoms in total. The molecule has 2 N–H and O–H groups in total. The molecule has 1 heterocycles. The van der Waals surface area contributed by atoms with E-state index in [0.717, 1.165) is 0 Å². The first-order valence-electron chi connectivity index (χ1n) is 6.62. The van der Waals surface area contributed by atoms with Crippen LogP contribution in [-0.2, 0) is 10.5 Å². The molecule has 1 unspecified atom stereocenters. The number of nitrogens with zero attached hydrogens (tertiary/aromatic N) is 2. The second-order valence-corrected chi connectivity index (χ2v) is 4.83. The standard InChI is InChI=1S/C15H15N3O5/c1-15(16,11-7-4-3-6-10(11)14(19)22-2)23-12-8-5-9-17-13(12)18(20)21/h3-9H,16H2,1-2H3. The van der Waals surface area contributed by atoms with Crippen molar-refractivity contribution in [3.8, 4) is 5.75 Å². The number of pyridine rings is 1. The quantitative estimate of drug-likeness (QED) is 0.388. The van der Waals surface area contributed by atoms with E-state index in [-0.39, 0.29) is 11.3 Å². The van der Waals surface area contributed by atoms with Crippen molar-refractivity contribution in [3.63, 3.8) is 0 Å². The maximum Gasteiger partial charge on any atom is 0.406 e. The molecule has 0 aliphatic carbocycles. The molecule has 2 rings (SSSR count). The smallest absolute Gasteiger partial charge is 0.406 e. The Bertz CT molecular complexity index is 745. The minimum Gasteiger partial charge on any atom is -0.465 e. The highest BCUT2D eigenvalue weighted by molar-refractivity contribution is 5.91. The number of methoxy groups -OCH3 is 1. The molecular formula is C15H15N3O5. The van der Waals surface area contributed by atoms with Crippen LogP contribution in [0.15, 0.2) is 42.6 Å².